The molecule has 4 aromatic carbocycles. The molecule has 0 radical (unpaired) electrons. The van der Waals surface area contributed by atoms with Gasteiger partial charge in [-0.2, -0.15) is 0 Å². The Labute approximate surface area is 292 Å². The largest absolute Gasteiger partial charge is 0.332 e. The first-order chi connectivity index (χ1) is 23.4. The molecule has 2 atom stereocenters. The molecule has 48 heavy (non-hydrogen) atoms. The summed E-state index contributed by atoms with van der Waals surface area (Å²) in [5.74, 6) is 3.52. The fraction of sp³-hybridized carbons (Fsp3) is 0.350. The first-order valence-corrected chi connectivity index (χ1v) is 19.5. The molecule has 4 heterocycles. The van der Waals surface area contributed by atoms with Gasteiger partial charge in [0.2, 0.25) is 0 Å². The Morgan fingerprint density at radius 2 is 0.979 bits per heavy atom. The highest BCUT2D eigenvalue weighted by molar-refractivity contribution is 8.74. The summed E-state index contributed by atoms with van der Waals surface area (Å²) in [4.78, 5) is 10.7. The molecule has 2 aliphatic heterocycles. The summed E-state index contributed by atoms with van der Waals surface area (Å²) in [5, 5.41) is 5.05. The van der Waals surface area contributed by atoms with Gasteiger partial charge in [-0.05, 0) is 46.2 Å². The molecule has 246 valence electrons. The van der Waals surface area contributed by atoms with Crippen LogP contribution in [0.4, 0.5) is 0 Å². The highest BCUT2D eigenvalue weighted by atomic mass is 33.1. The summed E-state index contributed by atoms with van der Waals surface area (Å²) >= 11 is 0. The Morgan fingerprint density at radius 1 is 0.562 bits per heavy atom. The second-order valence-electron chi connectivity index (χ2n) is 14.1. The van der Waals surface area contributed by atoms with E-state index in [1.54, 1.807) is 0 Å². The van der Waals surface area contributed by atoms with Crippen LogP contribution in [0.5, 0.6) is 0 Å². The third-order valence-corrected chi connectivity index (χ3v) is 12.4. The average Bonchev–Trinajstić information content (AvgIpc) is 3.73. The molecular weight excluding hydrogens is 629 g/mol. The summed E-state index contributed by atoms with van der Waals surface area (Å²) in [7, 11) is 3.84. The predicted octanol–water partition coefficient (Wildman–Crippen LogP) is 10.4. The van der Waals surface area contributed by atoms with Crippen LogP contribution < -0.4 is 0 Å². The van der Waals surface area contributed by atoms with Crippen molar-refractivity contribution in [1.82, 2.24) is 27.7 Å². The van der Waals surface area contributed by atoms with Crippen LogP contribution in [0.3, 0.4) is 0 Å². The Hall–Kier alpha value is -3.56. The van der Waals surface area contributed by atoms with Crippen molar-refractivity contribution in [1.29, 1.82) is 0 Å². The van der Waals surface area contributed by atoms with Gasteiger partial charge >= 0.3 is 0 Å². The number of imidazole rings is 2. The number of nitrogens with zero attached hydrogens (tertiary/aromatic N) is 6. The van der Waals surface area contributed by atoms with E-state index in [9.17, 15) is 0 Å². The first-order valence-electron chi connectivity index (χ1n) is 17.4. The molecule has 0 aliphatic carbocycles. The fourth-order valence-electron chi connectivity index (χ4n) is 7.49. The molecule has 8 heteroatoms. The van der Waals surface area contributed by atoms with E-state index in [4.69, 9.17) is 9.97 Å². The van der Waals surface area contributed by atoms with Crippen molar-refractivity contribution < 1.29 is 0 Å². The highest BCUT2D eigenvalue weighted by Crippen LogP contribution is 2.46. The van der Waals surface area contributed by atoms with E-state index in [0.29, 0.717) is 11.8 Å². The van der Waals surface area contributed by atoms with Crippen LogP contribution in [0.25, 0.3) is 44.1 Å². The number of fused-ring (bicyclic) bond motifs is 4. The fourth-order valence-corrected chi connectivity index (χ4v) is 10.1. The van der Waals surface area contributed by atoms with E-state index < -0.39 is 0 Å². The Morgan fingerprint density at radius 3 is 1.42 bits per heavy atom. The normalized spacial score (nSPS) is 18.6. The van der Waals surface area contributed by atoms with Crippen LogP contribution in [0.2, 0.25) is 0 Å². The molecule has 0 fully saturated rings. The third-order valence-electron chi connectivity index (χ3n) is 9.77. The van der Waals surface area contributed by atoms with E-state index in [2.05, 4.69) is 143 Å². The van der Waals surface area contributed by atoms with Crippen LogP contribution in [0, 0.1) is 11.8 Å². The number of hydrogen-bond donors (Lipinski definition) is 0. The van der Waals surface area contributed by atoms with Crippen molar-refractivity contribution in [2.24, 2.45) is 11.8 Å². The zero-order valence-electron chi connectivity index (χ0n) is 28.3. The summed E-state index contributed by atoms with van der Waals surface area (Å²) < 4.78 is 10.0. The molecule has 0 saturated heterocycles. The highest BCUT2D eigenvalue weighted by Gasteiger charge is 2.35. The predicted molar refractivity (Wildman–Crippen MR) is 203 cm³/mol. The zero-order chi connectivity index (χ0) is 32.8. The lowest BCUT2D eigenvalue weighted by Gasteiger charge is -2.39. The van der Waals surface area contributed by atoms with Gasteiger partial charge in [0.25, 0.3) is 0 Å². The van der Waals surface area contributed by atoms with Crippen molar-refractivity contribution >= 4 is 43.5 Å². The van der Waals surface area contributed by atoms with Gasteiger partial charge in [-0.1, -0.05) is 113 Å². The molecule has 2 unspecified atom stereocenters. The summed E-state index contributed by atoms with van der Waals surface area (Å²) in [6.07, 6.45) is 6.73. The minimum atomic E-state index is 0.258. The minimum absolute atomic E-state index is 0.258. The topological polar surface area (TPSA) is 42.1 Å². The summed E-state index contributed by atoms with van der Waals surface area (Å²) in [6, 6.07) is 30.9. The van der Waals surface area contributed by atoms with E-state index >= 15 is 0 Å². The summed E-state index contributed by atoms with van der Waals surface area (Å²) in [6.45, 7) is 13.2. The standard InChI is InChI=1S/C40H44N6S2/c1-27(2)23-37-39-41-35(33-17-9-13-29-11-5-7-15-31(29)33)25-43(39)19-21-45(37)47-48-46-22-20-44-26-36(42-40(44)38(46)24-28(3)4)34-18-10-14-30-12-6-8-16-32(30)34/h5-18,25-28,37-38H,19-24H2,1-4H3. The molecule has 0 bridgehead atoms. The Balaban J connectivity index is 1.05. The lowest BCUT2D eigenvalue weighted by Crippen LogP contribution is -2.36. The lowest BCUT2D eigenvalue weighted by molar-refractivity contribution is 0.245. The molecule has 0 saturated carbocycles. The molecule has 0 spiro atoms. The van der Waals surface area contributed by atoms with Gasteiger partial charge in [-0.25, -0.2) is 18.6 Å². The van der Waals surface area contributed by atoms with Crippen molar-refractivity contribution in [3.8, 4) is 22.5 Å². The van der Waals surface area contributed by atoms with Crippen molar-refractivity contribution in [2.75, 3.05) is 13.1 Å². The minimum Gasteiger partial charge on any atom is -0.332 e. The van der Waals surface area contributed by atoms with Gasteiger partial charge in [-0.3, -0.25) is 0 Å². The van der Waals surface area contributed by atoms with Crippen LogP contribution in [0.1, 0.15) is 64.3 Å². The smallest absolute Gasteiger partial charge is 0.127 e. The zero-order valence-corrected chi connectivity index (χ0v) is 29.9. The van der Waals surface area contributed by atoms with Gasteiger partial charge in [0.15, 0.2) is 0 Å². The van der Waals surface area contributed by atoms with E-state index in [1.165, 1.54) is 44.3 Å². The van der Waals surface area contributed by atoms with Crippen molar-refractivity contribution in [2.45, 2.75) is 65.7 Å². The molecule has 0 N–H and O–H groups in total. The molecule has 6 nitrogen and oxygen atoms in total. The maximum Gasteiger partial charge on any atom is 0.127 e. The monoisotopic (exact) mass is 672 g/mol. The van der Waals surface area contributed by atoms with Crippen LogP contribution in [0.15, 0.2) is 97.3 Å². The van der Waals surface area contributed by atoms with E-state index in [1.807, 2.05) is 22.0 Å². The molecule has 0 amide bonds. The Kier molecular flexibility index (Phi) is 8.84. The van der Waals surface area contributed by atoms with Gasteiger partial charge in [-0.15, -0.1) is 0 Å². The van der Waals surface area contributed by atoms with Crippen LogP contribution in [-0.4, -0.2) is 40.8 Å². The third kappa shape index (κ3) is 6.09. The van der Waals surface area contributed by atoms with E-state index in [0.717, 1.165) is 50.4 Å². The number of hydrogen-bond acceptors (Lipinski definition) is 6. The maximum absolute atomic E-state index is 5.36. The maximum atomic E-state index is 5.36. The second kappa shape index (κ2) is 13.4. The Bertz CT molecular complexity index is 1900. The lowest BCUT2D eigenvalue weighted by atomic mass is 10.0. The molecular formula is C40H44N6S2. The second-order valence-corrected chi connectivity index (χ2v) is 16.3. The van der Waals surface area contributed by atoms with Gasteiger partial charge in [0, 0.05) is 71.7 Å². The number of aromatic nitrogens is 4. The quantitative estimate of drug-likeness (QED) is 0.112. The number of benzene rings is 4. The van der Waals surface area contributed by atoms with Gasteiger partial charge in [0.1, 0.15) is 11.6 Å². The first kappa shape index (κ1) is 31.7. The number of rotatable bonds is 9. The summed E-state index contributed by atoms with van der Waals surface area (Å²) in [5.41, 5.74) is 4.60. The molecule has 2 aromatic heterocycles. The van der Waals surface area contributed by atoms with Gasteiger partial charge < -0.3 is 9.13 Å². The van der Waals surface area contributed by atoms with E-state index in [-0.39, 0.29) is 12.1 Å². The van der Waals surface area contributed by atoms with Crippen LogP contribution in [-0.2, 0) is 13.1 Å². The van der Waals surface area contributed by atoms with Crippen molar-refractivity contribution in [3.05, 3.63) is 109 Å². The van der Waals surface area contributed by atoms with Crippen molar-refractivity contribution in [3.63, 3.8) is 0 Å². The SMILES string of the molecule is CC(C)CC1c2nc(-c3cccc4ccccc34)cn2CCN1SSN1CCn2cc(-c3cccc4ccccc34)nc2C1CC(C)C. The average molecular weight is 673 g/mol. The molecule has 6 aromatic rings. The molecule has 2 aliphatic rings. The molecule has 8 rings (SSSR count). The van der Waals surface area contributed by atoms with Gasteiger partial charge in [0.05, 0.1) is 23.5 Å². The van der Waals surface area contributed by atoms with Crippen LogP contribution >= 0.6 is 22.0 Å².